The van der Waals surface area contributed by atoms with Crippen molar-refractivity contribution in [3.63, 3.8) is 0 Å². The summed E-state index contributed by atoms with van der Waals surface area (Å²) in [5.74, 6) is -1.63. The highest BCUT2D eigenvalue weighted by atomic mass is 16.5. The minimum Gasteiger partial charge on any atom is -0.357 e. The number of carbonyl (C=O) groups excluding carboxylic acids is 4. The molecule has 12 aromatic rings. The van der Waals surface area contributed by atoms with Gasteiger partial charge in [-0.05, 0) is 98.2 Å². The van der Waals surface area contributed by atoms with Crippen molar-refractivity contribution in [2.45, 2.75) is 90.4 Å². The first-order valence-electron chi connectivity index (χ1n) is 38.0. The maximum Gasteiger partial charge on any atom is 0.194 e. The number of carbonyl (C=O) groups is 4. The fourth-order valence-electron chi connectivity index (χ4n) is 20.2. The third-order valence-electron chi connectivity index (χ3n) is 26.4. The minimum atomic E-state index is -0.517. The van der Waals surface area contributed by atoms with Crippen LogP contribution in [-0.2, 0) is 18.9 Å². The van der Waals surface area contributed by atoms with Gasteiger partial charge in [-0.2, -0.15) is 0 Å². The van der Waals surface area contributed by atoms with Crippen molar-refractivity contribution >= 4 is 109 Å². The second-order valence-corrected chi connectivity index (χ2v) is 32.3. The Hall–Kier alpha value is -12.7. The predicted molar refractivity (Wildman–Crippen MR) is 427 cm³/mol. The molecule has 24 rings (SSSR count). The molecule has 0 fully saturated rings. The second-order valence-electron chi connectivity index (χ2n) is 32.3. The average molecular weight is 1510 g/mol. The minimum absolute atomic E-state index is 0.0472. The van der Waals surface area contributed by atoms with E-state index in [-0.39, 0.29) is 177 Å². The van der Waals surface area contributed by atoms with Crippen molar-refractivity contribution in [1.82, 2.24) is 0 Å². The summed E-state index contributed by atoms with van der Waals surface area (Å²) >= 11 is 0. The van der Waals surface area contributed by atoms with Gasteiger partial charge in [0.1, 0.15) is 48.8 Å². The Morgan fingerprint density at radius 3 is 0.649 bits per heavy atom. The molecule has 12 aromatic carbocycles. The molecule has 0 radical (unpaired) electrons. The van der Waals surface area contributed by atoms with Crippen LogP contribution in [0.5, 0.6) is 0 Å². The normalized spacial score (nSPS) is 27.0. The molecule has 0 aromatic heterocycles. The molecule has 20 heteroatoms. The lowest BCUT2D eigenvalue weighted by Gasteiger charge is -2.40. The number of ketones is 4. The van der Waals surface area contributed by atoms with E-state index in [2.05, 4.69) is 13.8 Å². The van der Waals surface area contributed by atoms with Gasteiger partial charge in [-0.15, -0.1) is 0 Å². The lowest BCUT2D eigenvalue weighted by Crippen LogP contribution is -2.45. The summed E-state index contributed by atoms with van der Waals surface area (Å²) in [7, 11) is 0. The second kappa shape index (κ2) is 23.9. The van der Waals surface area contributed by atoms with Crippen molar-refractivity contribution in [1.29, 1.82) is 0 Å². The summed E-state index contributed by atoms with van der Waals surface area (Å²) in [6.07, 6.45) is 17.7. The molecule has 20 nitrogen and oxygen atoms in total. The Balaban J connectivity index is 0.0000000955. The summed E-state index contributed by atoms with van der Waals surface area (Å²) in [5, 5.41) is 3.35. The Bertz CT molecular complexity index is 6800. The molecule has 0 saturated heterocycles. The molecule has 0 N–H and O–H groups in total. The number of allylic oxidation sites excluding steroid dienone is 4. The van der Waals surface area contributed by atoms with Crippen LogP contribution in [0, 0.1) is 61.2 Å². The Morgan fingerprint density at radius 1 is 0.211 bits per heavy atom. The number of rotatable bonds is 0. The van der Waals surface area contributed by atoms with E-state index in [0.717, 1.165) is 11.1 Å². The van der Waals surface area contributed by atoms with Crippen LogP contribution in [0.4, 0.5) is 0 Å². The lowest BCUT2D eigenvalue weighted by atomic mass is 9.60. The molecule has 8 unspecified atom stereocenters. The van der Waals surface area contributed by atoms with Crippen molar-refractivity contribution in [3.8, 4) is 0 Å². The molecule has 0 saturated carbocycles. The Kier molecular flexibility index (Phi) is 14.5. The first kappa shape index (κ1) is 69.2. The van der Waals surface area contributed by atoms with Crippen molar-refractivity contribution < 1.29 is 38.1 Å². The zero-order valence-electron chi connectivity index (χ0n) is 61.4. The molecule has 114 heavy (non-hydrogen) atoms. The SMILES string of the molecule is CC1C=CC2C(=O)c3cc4c(cc3C(=O)C2C1C)C(=O)C1C=CC(C)C(C)C1C4=O.Cc1ccc2c(=O)c3cc4c(=O)c5cc(C)ccc5c(=O)c4cc3c(=O)c2c1.O=c1c2c(c(=O)c3cc4c(=O)c5c(c(=O)c4cc13)[C@@H]1C=C[C@H]5O1)[C@H]1C=C[C@@H]2O1.O=c1c2c(c(=O)c3cc4c(=O)c5c(c(=O)c4cc13)[C@H]1C=C[C@@H]5O1)[C@H]1C=C[C@@H]2O1. The Labute approximate surface area is 640 Å². The number of hydrogen-bond acceptors (Lipinski definition) is 20. The number of ether oxygens (including phenoxy) is 4. The topological polar surface area (TPSA) is 310 Å². The van der Waals surface area contributed by atoms with E-state index in [1.807, 2.05) is 52.0 Å². The first-order chi connectivity index (χ1) is 54.7. The van der Waals surface area contributed by atoms with Gasteiger partial charge in [0.15, 0.2) is 88.3 Å². The molecule has 556 valence electrons. The van der Waals surface area contributed by atoms with Gasteiger partial charge in [0.25, 0.3) is 0 Å². The molecule has 8 heterocycles. The fourth-order valence-corrected chi connectivity index (χ4v) is 20.2. The number of aryl methyl sites for hydroxylation is 2. The Morgan fingerprint density at radius 2 is 0.412 bits per heavy atom. The van der Waals surface area contributed by atoms with Crippen LogP contribution >= 0.6 is 0 Å². The number of Topliss-reactive ketones (excluding diaryl/α,β-unsaturated/α-hetero) is 4. The van der Waals surface area contributed by atoms with Crippen molar-refractivity contribution in [3.05, 3.63) is 358 Å². The van der Waals surface area contributed by atoms with Gasteiger partial charge >= 0.3 is 0 Å². The maximum absolute atomic E-state index is 13.4. The van der Waals surface area contributed by atoms with Gasteiger partial charge < -0.3 is 18.9 Å². The van der Waals surface area contributed by atoms with Crippen LogP contribution in [0.25, 0.3) is 86.2 Å². The third-order valence-corrected chi connectivity index (χ3v) is 26.4. The van der Waals surface area contributed by atoms with Crippen LogP contribution in [0.3, 0.4) is 0 Å². The molecule has 0 amide bonds. The molecule has 4 aliphatic carbocycles. The fraction of sp³-hybridized carbons (Fsp3) is 0.234. The summed E-state index contributed by atoms with van der Waals surface area (Å²) < 4.78 is 22.6. The van der Waals surface area contributed by atoms with Crippen LogP contribution in [0.15, 0.2) is 215 Å². The van der Waals surface area contributed by atoms with E-state index >= 15 is 0 Å². The smallest absolute Gasteiger partial charge is 0.194 e. The summed E-state index contributed by atoms with van der Waals surface area (Å²) in [6, 6.07) is 21.8. The molecule has 12 aliphatic rings. The standard InChI is InChI=1S/C26H26O4.C24H14O4.2C22H10O6/c1-11-5-7-15-21(13(11)3)25(29)19-9-18-20(10-17(19)23(15)27)26(30)22-14(4)12(2)6-8-16(22)24(18)28;1-11-3-5-13-15(7-11)23(27)19-9-18-20(10-17(19)21(13)25)24(28)16-8-12(2)4-6-14(16)22(18)26;2*23-19-7-5-9-10(22(26)18-14-4-3-13(28-14)17(18)21(9)25)6-8(7)20(24)16-12-2-1-11(27-12)15(16)19/h5-16,21-22H,1-4H3;3-10H,1-2H3;2*1-6,11-14H/t;;11-,12+,13+,14-;11-,12+,13-,14+. The zero-order chi connectivity index (χ0) is 79.0. The molecular formula is C94H60O20. The van der Waals surface area contributed by atoms with E-state index in [1.54, 1.807) is 97.1 Å². The van der Waals surface area contributed by atoms with Gasteiger partial charge in [-0.1, -0.05) is 136 Å². The van der Waals surface area contributed by atoms with Gasteiger partial charge in [-0.25, -0.2) is 0 Å². The van der Waals surface area contributed by atoms with Crippen LogP contribution in [0.2, 0.25) is 0 Å². The van der Waals surface area contributed by atoms with E-state index in [4.69, 9.17) is 18.9 Å². The third kappa shape index (κ3) is 9.18. The average Bonchev–Trinajstić information content (AvgIpc) is 1.43. The molecule has 8 aliphatic heterocycles. The first-order valence-corrected chi connectivity index (χ1v) is 38.0. The van der Waals surface area contributed by atoms with E-state index in [9.17, 15) is 76.7 Å². The van der Waals surface area contributed by atoms with Gasteiger partial charge in [0.05, 0.1) is 11.8 Å². The molecule has 8 bridgehead atoms. The maximum atomic E-state index is 13.4. The predicted octanol–water partition coefficient (Wildman–Crippen LogP) is 11.2. The van der Waals surface area contributed by atoms with Crippen LogP contribution in [-0.4, -0.2) is 23.1 Å². The van der Waals surface area contributed by atoms with E-state index < -0.39 is 72.5 Å². The van der Waals surface area contributed by atoms with E-state index in [1.165, 1.54) is 36.4 Å². The molecule has 16 atom stereocenters. The lowest BCUT2D eigenvalue weighted by molar-refractivity contribution is 0.0664. The van der Waals surface area contributed by atoms with Gasteiger partial charge in [0.2, 0.25) is 0 Å². The highest BCUT2D eigenvalue weighted by molar-refractivity contribution is 6.23. The van der Waals surface area contributed by atoms with Crippen LogP contribution < -0.4 is 65.1 Å². The van der Waals surface area contributed by atoms with Crippen molar-refractivity contribution in [2.24, 2.45) is 47.3 Å². The largest absolute Gasteiger partial charge is 0.357 e. The number of hydrogen-bond donors (Lipinski definition) is 0. The molecule has 0 spiro atoms. The van der Waals surface area contributed by atoms with Crippen LogP contribution in [0.1, 0.15) is 174 Å². The summed E-state index contributed by atoms with van der Waals surface area (Å²) in [4.78, 5) is 210. The highest BCUT2D eigenvalue weighted by Crippen LogP contribution is 2.50. The molecular weight excluding hydrogens is 1450 g/mol. The summed E-state index contributed by atoms with van der Waals surface area (Å²) in [5.41, 5.74) is 2.10. The zero-order valence-corrected chi connectivity index (χ0v) is 61.4. The van der Waals surface area contributed by atoms with Gasteiger partial charge in [0, 0.05) is 165 Å². The van der Waals surface area contributed by atoms with E-state index in [0.29, 0.717) is 88.3 Å². The summed E-state index contributed by atoms with van der Waals surface area (Å²) in [6.45, 7) is 11.8. The van der Waals surface area contributed by atoms with Crippen molar-refractivity contribution in [2.75, 3.05) is 0 Å². The number of benzene rings is 12. The quantitative estimate of drug-likeness (QED) is 0.101. The monoisotopic (exact) mass is 1510 g/mol. The van der Waals surface area contributed by atoms with Gasteiger partial charge in [-0.3, -0.25) is 76.7 Å². The highest BCUT2D eigenvalue weighted by Gasteiger charge is 2.51. The number of fused-ring (bicyclic) bond motifs is 32.